The van der Waals surface area contributed by atoms with Crippen molar-refractivity contribution in [3.05, 3.63) is 18.0 Å². The number of aromatic nitrogens is 2. The van der Waals surface area contributed by atoms with Crippen LogP contribution in [-0.2, 0) is 13.5 Å². The predicted molar refractivity (Wildman–Crippen MR) is 77.7 cm³/mol. The standard InChI is InChI=1S/C15H29N3/c1-5-7-13(8-6-2)15(16-3)10-9-14-11-12-17-18(14)4/h11-13,15-16H,5-10H2,1-4H3. The number of nitrogens with one attached hydrogen (secondary N) is 1. The molecular weight excluding hydrogens is 222 g/mol. The molecule has 3 heteroatoms. The van der Waals surface area contributed by atoms with Crippen molar-refractivity contribution in [2.75, 3.05) is 7.05 Å². The van der Waals surface area contributed by atoms with Crippen LogP contribution in [0.4, 0.5) is 0 Å². The van der Waals surface area contributed by atoms with Gasteiger partial charge in [-0.2, -0.15) is 5.10 Å². The lowest BCUT2D eigenvalue weighted by Gasteiger charge is -2.26. The summed E-state index contributed by atoms with van der Waals surface area (Å²) >= 11 is 0. The van der Waals surface area contributed by atoms with Gasteiger partial charge in [-0.1, -0.05) is 26.7 Å². The molecule has 1 aromatic rings. The van der Waals surface area contributed by atoms with Gasteiger partial charge < -0.3 is 5.32 Å². The smallest absolute Gasteiger partial charge is 0.0492 e. The highest BCUT2D eigenvalue weighted by molar-refractivity contribution is 5.00. The summed E-state index contributed by atoms with van der Waals surface area (Å²) < 4.78 is 1.99. The van der Waals surface area contributed by atoms with Crippen molar-refractivity contribution in [3.63, 3.8) is 0 Å². The molecule has 0 aliphatic carbocycles. The van der Waals surface area contributed by atoms with Crippen LogP contribution in [0.15, 0.2) is 12.3 Å². The minimum atomic E-state index is 0.639. The highest BCUT2D eigenvalue weighted by atomic mass is 15.2. The second-order valence-corrected chi connectivity index (χ2v) is 5.22. The molecule has 0 aromatic carbocycles. The molecule has 0 aliphatic heterocycles. The first kappa shape index (κ1) is 15.2. The summed E-state index contributed by atoms with van der Waals surface area (Å²) in [7, 11) is 4.13. The average molecular weight is 251 g/mol. The fraction of sp³-hybridized carbons (Fsp3) is 0.800. The molecule has 0 saturated carbocycles. The molecular formula is C15H29N3. The molecule has 1 atom stereocenters. The Labute approximate surface area is 112 Å². The molecule has 0 amide bonds. The van der Waals surface area contributed by atoms with Crippen molar-refractivity contribution in [1.29, 1.82) is 0 Å². The Bertz CT molecular complexity index is 313. The Kier molecular flexibility index (Phi) is 7.02. The number of rotatable bonds is 9. The van der Waals surface area contributed by atoms with Crippen LogP contribution in [0, 0.1) is 5.92 Å². The number of nitrogens with zero attached hydrogens (tertiary/aromatic N) is 2. The fourth-order valence-electron chi connectivity index (χ4n) is 2.85. The Hall–Kier alpha value is -0.830. The first-order chi connectivity index (χ1) is 8.72. The molecule has 1 rings (SSSR count). The quantitative estimate of drug-likeness (QED) is 0.730. The zero-order valence-electron chi connectivity index (χ0n) is 12.4. The topological polar surface area (TPSA) is 29.9 Å². The lowest BCUT2D eigenvalue weighted by molar-refractivity contribution is 0.309. The summed E-state index contributed by atoms with van der Waals surface area (Å²) in [6.07, 6.45) is 9.46. The third-order valence-electron chi connectivity index (χ3n) is 3.89. The molecule has 0 radical (unpaired) electrons. The molecule has 0 bridgehead atoms. The summed E-state index contributed by atoms with van der Waals surface area (Å²) in [6, 6.07) is 2.77. The summed E-state index contributed by atoms with van der Waals surface area (Å²) in [5.74, 6) is 0.818. The molecule has 1 unspecified atom stereocenters. The van der Waals surface area contributed by atoms with Gasteiger partial charge in [-0.3, -0.25) is 4.68 Å². The van der Waals surface area contributed by atoms with E-state index in [-0.39, 0.29) is 0 Å². The third kappa shape index (κ3) is 4.45. The van der Waals surface area contributed by atoms with E-state index in [2.05, 4.69) is 37.4 Å². The van der Waals surface area contributed by atoms with Gasteiger partial charge in [-0.15, -0.1) is 0 Å². The normalized spacial score (nSPS) is 13.2. The van der Waals surface area contributed by atoms with Crippen LogP contribution in [0.25, 0.3) is 0 Å². The van der Waals surface area contributed by atoms with Crippen LogP contribution in [0.3, 0.4) is 0 Å². The molecule has 0 spiro atoms. The van der Waals surface area contributed by atoms with E-state index in [9.17, 15) is 0 Å². The molecule has 104 valence electrons. The minimum Gasteiger partial charge on any atom is -0.317 e. The van der Waals surface area contributed by atoms with E-state index in [1.807, 2.05) is 17.9 Å². The third-order valence-corrected chi connectivity index (χ3v) is 3.89. The molecule has 0 saturated heterocycles. The summed E-state index contributed by atoms with van der Waals surface area (Å²) in [4.78, 5) is 0. The number of hydrogen-bond acceptors (Lipinski definition) is 2. The number of hydrogen-bond donors (Lipinski definition) is 1. The van der Waals surface area contributed by atoms with Gasteiger partial charge in [0.15, 0.2) is 0 Å². The molecule has 18 heavy (non-hydrogen) atoms. The van der Waals surface area contributed by atoms with Crippen molar-refractivity contribution in [1.82, 2.24) is 15.1 Å². The maximum Gasteiger partial charge on any atom is 0.0492 e. The molecule has 3 nitrogen and oxygen atoms in total. The van der Waals surface area contributed by atoms with Gasteiger partial charge in [0.05, 0.1) is 0 Å². The van der Waals surface area contributed by atoms with Gasteiger partial charge in [-0.25, -0.2) is 0 Å². The van der Waals surface area contributed by atoms with Crippen molar-refractivity contribution in [3.8, 4) is 0 Å². The Morgan fingerprint density at radius 1 is 1.22 bits per heavy atom. The van der Waals surface area contributed by atoms with E-state index in [4.69, 9.17) is 0 Å². The van der Waals surface area contributed by atoms with Crippen molar-refractivity contribution >= 4 is 0 Å². The Morgan fingerprint density at radius 2 is 1.89 bits per heavy atom. The van der Waals surface area contributed by atoms with Gasteiger partial charge in [0, 0.05) is 25.0 Å². The second-order valence-electron chi connectivity index (χ2n) is 5.22. The highest BCUT2D eigenvalue weighted by Crippen LogP contribution is 2.21. The number of aryl methyl sites for hydroxylation is 2. The van der Waals surface area contributed by atoms with Crippen LogP contribution < -0.4 is 5.32 Å². The van der Waals surface area contributed by atoms with E-state index < -0.39 is 0 Å². The summed E-state index contributed by atoms with van der Waals surface area (Å²) in [5, 5.41) is 7.76. The Morgan fingerprint density at radius 3 is 2.33 bits per heavy atom. The second kappa shape index (κ2) is 8.30. The largest absolute Gasteiger partial charge is 0.317 e. The van der Waals surface area contributed by atoms with E-state index in [0.29, 0.717) is 6.04 Å². The molecule has 1 heterocycles. The van der Waals surface area contributed by atoms with E-state index in [0.717, 1.165) is 12.3 Å². The SMILES string of the molecule is CCCC(CCC)C(CCc1ccnn1C)NC. The average Bonchev–Trinajstić information content (AvgIpc) is 2.76. The van der Waals surface area contributed by atoms with Crippen molar-refractivity contribution < 1.29 is 0 Å². The first-order valence-corrected chi connectivity index (χ1v) is 7.37. The van der Waals surface area contributed by atoms with Crippen LogP contribution >= 0.6 is 0 Å². The van der Waals surface area contributed by atoms with Gasteiger partial charge in [-0.05, 0) is 44.7 Å². The zero-order chi connectivity index (χ0) is 13.4. The zero-order valence-corrected chi connectivity index (χ0v) is 12.4. The first-order valence-electron chi connectivity index (χ1n) is 7.37. The van der Waals surface area contributed by atoms with Gasteiger partial charge in [0.1, 0.15) is 0 Å². The van der Waals surface area contributed by atoms with E-state index in [1.54, 1.807) is 0 Å². The van der Waals surface area contributed by atoms with E-state index in [1.165, 1.54) is 37.8 Å². The Balaban J connectivity index is 2.51. The monoisotopic (exact) mass is 251 g/mol. The lowest BCUT2D eigenvalue weighted by Crippen LogP contribution is -2.34. The summed E-state index contributed by atoms with van der Waals surface area (Å²) in [5.41, 5.74) is 1.34. The molecule has 1 aromatic heterocycles. The maximum absolute atomic E-state index is 4.23. The highest BCUT2D eigenvalue weighted by Gasteiger charge is 2.18. The molecule has 0 aliphatic rings. The van der Waals surface area contributed by atoms with Crippen LogP contribution in [0.2, 0.25) is 0 Å². The van der Waals surface area contributed by atoms with Crippen LogP contribution in [0.1, 0.15) is 51.6 Å². The molecule has 1 N–H and O–H groups in total. The predicted octanol–water partition coefficient (Wildman–Crippen LogP) is 3.16. The van der Waals surface area contributed by atoms with Gasteiger partial charge >= 0.3 is 0 Å². The van der Waals surface area contributed by atoms with Gasteiger partial charge in [0.25, 0.3) is 0 Å². The van der Waals surface area contributed by atoms with Gasteiger partial charge in [0.2, 0.25) is 0 Å². The maximum atomic E-state index is 4.23. The van der Waals surface area contributed by atoms with Crippen molar-refractivity contribution in [2.45, 2.75) is 58.4 Å². The van der Waals surface area contributed by atoms with Crippen LogP contribution in [0.5, 0.6) is 0 Å². The van der Waals surface area contributed by atoms with Crippen molar-refractivity contribution in [2.24, 2.45) is 13.0 Å². The van der Waals surface area contributed by atoms with E-state index >= 15 is 0 Å². The van der Waals surface area contributed by atoms with Crippen LogP contribution in [-0.4, -0.2) is 22.9 Å². The minimum absolute atomic E-state index is 0.639. The molecule has 0 fully saturated rings. The fourth-order valence-corrected chi connectivity index (χ4v) is 2.85. The summed E-state index contributed by atoms with van der Waals surface area (Å²) in [6.45, 7) is 4.58. The lowest BCUT2D eigenvalue weighted by atomic mass is 9.87.